The van der Waals surface area contributed by atoms with Crippen LogP contribution in [-0.2, 0) is 0 Å². The first kappa shape index (κ1) is 14.3. The highest BCUT2D eigenvalue weighted by atomic mass is 19.1. The zero-order valence-electron chi connectivity index (χ0n) is 11.0. The molecule has 0 atom stereocenters. The van der Waals surface area contributed by atoms with Crippen molar-refractivity contribution in [3.05, 3.63) is 57.9 Å². The third kappa shape index (κ3) is 3.25. The number of nitrogens with zero attached hydrogens (tertiary/aromatic N) is 2. The van der Waals surface area contributed by atoms with Crippen molar-refractivity contribution in [3.63, 3.8) is 0 Å². The Kier molecular flexibility index (Phi) is 4.00. The monoisotopic (exact) mass is 287 g/mol. The molecule has 0 radical (unpaired) electrons. The summed E-state index contributed by atoms with van der Waals surface area (Å²) in [6, 6.07) is 9.70. The summed E-state index contributed by atoms with van der Waals surface area (Å²) >= 11 is 0. The number of benzene rings is 2. The van der Waals surface area contributed by atoms with E-state index in [2.05, 4.69) is 5.32 Å². The normalized spacial score (nSPS) is 9.76. The summed E-state index contributed by atoms with van der Waals surface area (Å²) in [6.07, 6.45) is 0. The van der Waals surface area contributed by atoms with Gasteiger partial charge in [-0.1, -0.05) is 0 Å². The fourth-order valence-electron chi connectivity index (χ4n) is 1.77. The van der Waals surface area contributed by atoms with E-state index >= 15 is 0 Å². The van der Waals surface area contributed by atoms with Gasteiger partial charge < -0.3 is 10.1 Å². The number of methoxy groups -OCH3 is 1. The van der Waals surface area contributed by atoms with Crippen LogP contribution in [0.2, 0.25) is 0 Å². The van der Waals surface area contributed by atoms with E-state index in [4.69, 9.17) is 10.00 Å². The fourth-order valence-corrected chi connectivity index (χ4v) is 1.77. The minimum atomic E-state index is -0.611. The van der Waals surface area contributed by atoms with Gasteiger partial charge in [0.05, 0.1) is 23.7 Å². The van der Waals surface area contributed by atoms with E-state index in [1.54, 1.807) is 0 Å². The molecule has 0 aromatic heterocycles. The largest absolute Gasteiger partial charge is 0.497 e. The molecule has 7 heteroatoms. The van der Waals surface area contributed by atoms with Crippen LogP contribution < -0.4 is 10.1 Å². The summed E-state index contributed by atoms with van der Waals surface area (Å²) in [5.74, 6) is -0.248. The molecule has 0 spiro atoms. The summed E-state index contributed by atoms with van der Waals surface area (Å²) in [6.45, 7) is 0. The Hall–Kier alpha value is -3.14. The second kappa shape index (κ2) is 5.88. The van der Waals surface area contributed by atoms with Crippen molar-refractivity contribution in [1.29, 1.82) is 5.26 Å². The molecule has 0 aliphatic rings. The predicted octanol–water partition coefficient (Wildman–Crippen LogP) is 3.36. The number of rotatable bonds is 4. The van der Waals surface area contributed by atoms with Gasteiger partial charge in [-0.15, -0.1) is 0 Å². The molecule has 0 saturated carbocycles. The number of ether oxygens (including phenoxy) is 1. The van der Waals surface area contributed by atoms with Crippen molar-refractivity contribution < 1.29 is 14.1 Å². The van der Waals surface area contributed by atoms with Gasteiger partial charge >= 0.3 is 0 Å². The number of nitro groups is 1. The number of nitro benzene ring substituents is 1. The van der Waals surface area contributed by atoms with Crippen molar-refractivity contribution in [3.8, 4) is 11.8 Å². The number of hydrogen-bond donors (Lipinski definition) is 1. The van der Waals surface area contributed by atoms with E-state index in [9.17, 15) is 14.5 Å². The maximum Gasteiger partial charge on any atom is 0.293 e. The summed E-state index contributed by atoms with van der Waals surface area (Å²) in [5, 5.41) is 22.5. The van der Waals surface area contributed by atoms with Gasteiger partial charge in [0.2, 0.25) is 0 Å². The number of hydrogen-bond acceptors (Lipinski definition) is 5. The quantitative estimate of drug-likeness (QED) is 0.688. The van der Waals surface area contributed by atoms with Gasteiger partial charge in [0, 0.05) is 23.9 Å². The number of halogens is 1. The molecule has 0 bridgehead atoms. The first-order valence-electron chi connectivity index (χ1n) is 5.83. The minimum Gasteiger partial charge on any atom is -0.497 e. The summed E-state index contributed by atoms with van der Waals surface area (Å²) in [4.78, 5) is 10.4. The molecule has 6 nitrogen and oxygen atoms in total. The van der Waals surface area contributed by atoms with Gasteiger partial charge in [-0.2, -0.15) is 5.26 Å². The first-order valence-corrected chi connectivity index (χ1v) is 5.83. The minimum absolute atomic E-state index is 0.159. The van der Waals surface area contributed by atoms with Crippen LogP contribution in [0.25, 0.3) is 0 Å². The highest BCUT2D eigenvalue weighted by Gasteiger charge is 2.15. The van der Waals surface area contributed by atoms with Crippen LogP contribution in [0.4, 0.5) is 21.5 Å². The topological polar surface area (TPSA) is 88.2 Å². The zero-order valence-corrected chi connectivity index (χ0v) is 11.0. The molecule has 1 N–H and O–H groups in total. The molecule has 0 unspecified atom stereocenters. The maximum atomic E-state index is 13.4. The number of nitriles is 1. The Morgan fingerprint density at radius 1 is 1.33 bits per heavy atom. The molecule has 21 heavy (non-hydrogen) atoms. The molecule has 2 rings (SSSR count). The Bertz CT molecular complexity index is 741. The fraction of sp³-hybridized carbons (Fsp3) is 0.0714. The molecule has 0 saturated heterocycles. The smallest absolute Gasteiger partial charge is 0.293 e. The Labute approximate surface area is 119 Å². The molecule has 0 aliphatic heterocycles. The lowest BCUT2D eigenvalue weighted by Gasteiger charge is -2.09. The van der Waals surface area contributed by atoms with Gasteiger partial charge in [-0.05, 0) is 18.2 Å². The van der Waals surface area contributed by atoms with E-state index < -0.39 is 10.7 Å². The van der Waals surface area contributed by atoms with Crippen LogP contribution in [0.3, 0.4) is 0 Å². The Morgan fingerprint density at radius 3 is 2.71 bits per heavy atom. The lowest BCUT2D eigenvalue weighted by molar-refractivity contribution is -0.383. The number of anilines is 2. The number of nitrogens with one attached hydrogen (secondary N) is 1. The lowest BCUT2D eigenvalue weighted by Crippen LogP contribution is -1.98. The zero-order chi connectivity index (χ0) is 15.4. The standard InChI is InChI=1S/C14H10FN3O3/c1-21-12-6-10(15)5-11(7-12)17-13-3-2-9(8-16)4-14(13)18(19)20/h2-7,17H,1H3. The third-order valence-electron chi connectivity index (χ3n) is 2.71. The highest BCUT2D eigenvalue weighted by Crippen LogP contribution is 2.30. The van der Waals surface area contributed by atoms with Gasteiger partial charge in [0.25, 0.3) is 5.69 Å². The Morgan fingerprint density at radius 2 is 2.10 bits per heavy atom. The van der Waals surface area contributed by atoms with E-state index in [1.165, 1.54) is 37.4 Å². The predicted molar refractivity (Wildman–Crippen MR) is 74.0 cm³/mol. The molecular weight excluding hydrogens is 277 g/mol. The van der Waals surface area contributed by atoms with Crippen LogP contribution >= 0.6 is 0 Å². The molecular formula is C14H10FN3O3. The molecule has 106 valence electrons. The van der Waals surface area contributed by atoms with Crippen LogP contribution in [-0.4, -0.2) is 12.0 Å². The van der Waals surface area contributed by atoms with Gasteiger partial charge in [0.1, 0.15) is 17.3 Å². The molecule has 2 aromatic rings. The van der Waals surface area contributed by atoms with Gasteiger partial charge in [-0.3, -0.25) is 10.1 Å². The average Bonchev–Trinajstić information content (AvgIpc) is 2.46. The molecule has 2 aromatic carbocycles. The van der Waals surface area contributed by atoms with Gasteiger partial charge in [-0.25, -0.2) is 4.39 Å². The van der Waals surface area contributed by atoms with Crippen molar-refractivity contribution in [2.24, 2.45) is 0 Å². The Balaban J connectivity index is 2.42. The second-order valence-corrected chi connectivity index (χ2v) is 4.11. The SMILES string of the molecule is COc1cc(F)cc(Nc2ccc(C#N)cc2[N+](=O)[O-])c1. The van der Waals surface area contributed by atoms with Crippen molar-refractivity contribution in [2.75, 3.05) is 12.4 Å². The van der Waals surface area contributed by atoms with Crippen LogP contribution in [0.15, 0.2) is 36.4 Å². The van der Waals surface area contributed by atoms with Gasteiger partial charge in [0.15, 0.2) is 0 Å². The average molecular weight is 287 g/mol. The molecule has 0 aliphatic carbocycles. The summed E-state index contributed by atoms with van der Waals surface area (Å²) in [5.41, 5.74) is 0.368. The molecule has 0 heterocycles. The van der Waals surface area contributed by atoms with Crippen LogP contribution in [0.5, 0.6) is 5.75 Å². The first-order chi connectivity index (χ1) is 10.0. The maximum absolute atomic E-state index is 13.4. The molecule has 0 amide bonds. The van der Waals surface area contributed by atoms with E-state index in [-0.39, 0.29) is 22.7 Å². The van der Waals surface area contributed by atoms with Crippen molar-refractivity contribution >= 4 is 17.1 Å². The third-order valence-corrected chi connectivity index (χ3v) is 2.71. The van der Waals surface area contributed by atoms with E-state index in [1.807, 2.05) is 6.07 Å². The molecule has 0 fully saturated rings. The van der Waals surface area contributed by atoms with Crippen molar-refractivity contribution in [2.45, 2.75) is 0 Å². The van der Waals surface area contributed by atoms with E-state index in [0.717, 1.165) is 6.07 Å². The van der Waals surface area contributed by atoms with Crippen LogP contribution in [0, 0.1) is 27.3 Å². The van der Waals surface area contributed by atoms with Crippen molar-refractivity contribution in [1.82, 2.24) is 0 Å². The highest BCUT2D eigenvalue weighted by molar-refractivity contribution is 5.71. The summed E-state index contributed by atoms with van der Waals surface area (Å²) < 4.78 is 18.3. The van der Waals surface area contributed by atoms with Crippen LogP contribution in [0.1, 0.15) is 5.56 Å². The lowest BCUT2D eigenvalue weighted by atomic mass is 10.2. The van der Waals surface area contributed by atoms with E-state index in [0.29, 0.717) is 5.69 Å². The second-order valence-electron chi connectivity index (χ2n) is 4.11. The summed E-state index contributed by atoms with van der Waals surface area (Å²) in [7, 11) is 1.39.